The van der Waals surface area contributed by atoms with Crippen molar-refractivity contribution < 1.29 is 9.13 Å². The molecule has 3 aromatic heterocycles. The SMILES string of the molecule is COCC#Cc1cc(F)c2c(c1)[C@@H](N)C1(CCN(c3ncc(Sc4ccnc(C)n4)c4nccn34)CC1)C2. The van der Waals surface area contributed by atoms with Crippen LogP contribution in [-0.2, 0) is 11.2 Å². The summed E-state index contributed by atoms with van der Waals surface area (Å²) in [4.78, 5) is 21.3. The van der Waals surface area contributed by atoms with Crippen molar-refractivity contribution in [1.29, 1.82) is 0 Å². The molecule has 0 unspecified atom stereocenters. The highest BCUT2D eigenvalue weighted by atomic mass is 32.2. The van der Waals surface area contributed by atoms with Crippen molar-refractivity contribution in [2.24, 2.45) is 11.1 Å². The molecule has 1 atom stereocenters. The summed E-state index contributed by atoms with van der Waals surface area (Å²) in [6.07, 6.45) is 9.70. The van der Waals surface area contributed by atoms with Gasteiger partial charge in [0.2, 0.25) is 5.95 Å². The number of nitrogens with two attached hydrogens (primary N) is 1. The maximum atomic E-state index is 15.1. The first kappa shape index (κ1) is 24.8. The minimum atomic E-state index is -0.227. The molecule has 0 radical (unpaired) electrons. The lowest BCUT2D eigenvalue weighted by molar-refractivity contribution is 0.186. The van der Waals surface area contributed by atoms with E-state index in [-0.39, 0.29) is 17.3 Å². The van der Waals surface area contributed by atoms with Crippen molar-refractivity contribution in [3.05, 3.63) is 71.3 Å². The van der Waals surface area contributed by atoms with E-state index in [0.717, 1.165) is 64.4 Å². The number of fused-ring (bicyclic) bond motifs is 2. The molecule has 2 N–H and O–H groups in total. The number of imidazole rings is 1. The summed E-state index contributed by atoms with van der Waals surface area (Å²) in [7, 11) is 1.59. The number of aryl methyl sites for hydroxylation is 1. The van der Waals surface area contributed by atoms with E-state index in [1.165, 1.54) is 17.8 Å². The van der Waals surface area contributed by atoms with Crippen LogP contribution in [0.5, 0.6) is 0 Å². The molecule has 6 rings (SSSR count). The number of halogens is 1. The molecule has 10 heteroatoms. The van der Waals surface area contributed by atoms with Gasteiger partial charge in [-0.15, -0.1) is 0 Å². The fourth-order valence-electron chi connectivity index (χ4n) is 5.63. The molecule has 1 aliphatic carbocycles. The molecule has 2 aliphatic rings. The predicted octanol–water partition coefficient (Wildman–Crippen LogP) is 3.96. The second kappa shape index (κ2) is 9.98. The molecule has 1 aliphatic heterocycles. The minimum absolute atomic E-state index is 0.174. The molecular formula is C28H28FN7OS. The highest BCUT2D eigenvalue weighted by Crippen LogP contribution is 2.52. The van der Waals surface area contributed by atoms with E-state index >= 15 is 4.39 Å². The zero-order valence-corrected chi connectivity index (χ0v) is 22.1. The summed E-state index contributed by atoms with van der Waals surface area (Å²) in [6, 6.07) is 5.13. The van der Waals surface area contributed by atoms with Crippen LogP contribution in [0, 0.1) is 30.0 Å². The third-order valence-corrected chi connectivity index (χ3v) is 8.53. The molecule has 4 aromatic rings. The number of ether oxygens (including phenoxy) is 1. The van der Waals surface area contributed by atoms with Crippen LogP contribution in [0.3, 0.4) is 0 Å². The Morgan fingerprint density at radius 1 is 1.21 bits per heavy atom. The topological polar surface area (TPSA) is 94.5 Å². The fourth-order valence-corrected chi connectivity index (χ4v) is 6.51. The number of hydrogen-bond acceptors (Lipinski definition) is 8. The smallest absolute Gasteiger partial charge is 0.211 e. The van der Waals surface area contributed by atoms with Gasteiger partial charge in [-0.2, -0.15) is 0 Å². The van der Waals surface area contributed by atoms with Gasteiger partial charge in [-0.3, -0.25) is 4.40 Å². The lowest BCUT2D eigenvalue weighted by Crippen LogP contribution is -2.45. The van der Waals surface area contributed by atoms with Gasteiger partial charge in [0.05, 0.1) is 4.90 Å². The molecule has 1 aromatic carbocycles. The van der Waals surface area contributed by atoms with Crippen molar-refractivity contribution in [2.75, 3.05) is 31.7 Å². The van der Waals surface area contributed by atoms with Gasteiger partial charge in [0, 0.05) is 56.6 Å². The van der Waals surface area contributed by atoms with Gasteiger partial charge in [0.1, 0.15) is 23.3 Å². The van der Waals surface area contributed by atoms with E-state index in [2.05, 4.69) is 31.7 Å². The van der Waals surface area contributed by atoms with Crippen LogP contribution in [0.2, 0.25) is 0 Å². The van der Waals surface area contributed by atoms with Crippen LogP contribution in [0.1, 0.15) is 41.4 Å². The average molecular weight is 530 g/mol. The van der Waals surface area contributed by atoms with Crippen LogP contribution < -0.4 is 10.6 Å². The van der Waals surface area contributed by atoms with Crippen molar-refractivity contribution in [1.82, 2.24) is 24.3 Å². The van der Waals surface area contributed by atoms with Gasteiger partial charge in [-0.25, -0.2) is 24.3 Å². The monoisotopic (exact) mass is 529 g/mol. The first-order chi connectivity index (χ1) is 18.5. The Morgan fingerprint density at radius 2 is 2.05 bits per heavy atom. The number of hydrogen-bond donors (Lipinski definition) is 1. The van der Waals surface area contributed by atoms with E-state index in [0.29, 0.717) is 18.6 Å². The summed E-state index contributed by atoms with van der Waals surface area (Å²) in [5, 5.41) is 0.853. The van der Waals surface area contributed by atoms with E-state index in [4.69, 9.17) is 15.5 Å². The van der Waals surface area contributed by atoms with Gasteiger partial charge in [0.15, 0.2) is 5.65 Å². The number of benzene rings is 1. The fraction of sp³-hybridized carbons (Fsp3) is 0.357. The highest BCUT2D eigenvalue weighted by molar-refractivity contribution is 7.99. The number of piperidine rings is 1. The average Bonchev–Trinajstić information content (AvgIpc) is 3.50. The Balaban J connectivity index is 1.21. The molecule has 0 bridgehead atoms. The summed E-state index contributed by atoms with van der Waals surface area (Å²) in [6.45, 7) is 3.74. The molecular weight excluding hydrogens is 501 g/mol. The summed E-state index contributed by atoms with van der Waals surface area (Å²) in [5.41, 5.74) is 9.74. The van der Waals surface area contributed by atoms with Crippen molar-refractivity contribution >= 4 is 23.4 Å². The minimum Gasteiger partial charge on any atom is -0.372 e. The van der Waals surface area contributed by atoms with Gasteiger partial charge >= 0.3 is 0 Å². The third-order valence-electron chi connectivity index (χ3n) is 7.58. The van der Waals surface area contributed by atoms with Gasteiger partial charge in [-0.1, -0.05) is 23.6 Å². The highest BCUT2D eigenvalue weighted by Gasteiger charge is 2.47. The standard InChI is InChI=1S/C28H28FN7OS/c1-18-31-8-5-24(34-18)38-23-17-33-27(36-12-9-32-26(23)36)35-10-6-28(7-11-35)16-21-20(25(28)30)14-19(15-22(21)29)4-3-13-37-2/h5,8-9,12,14-15,17,25H,6-7,10-11,13,16,30H2,1-2H3/t25-/m1/s1. The zero-order valence-electron chi connectivity index (χ0n) is 21.3. The number of nitrogens with zero attached hydrogens (tertiary/aromatic N) is 6. The molecule has 4 heterocycles. The summed E-state index contributed by atoms with van der Waals surface area (Å²) < 4.78 is 22.1. The normalized spacial score (nSPS) is 18.0. The van der Waals surface area contributed by atoms with Gasteiger partial charge < -0.3 is 15.4 Å². The Kier molecular flexibility index (Phi) is 6.51. The molecule has 8 nitrogen and oxygen atoms in total. The van der Waals surface area contributed by atoms with Crippen LogP contribution in [0.25, 0.3) is 5.65 Å². The van der Waals surface area contributed by atoms with Crippen LogP contribution in [-0.4, -0.2) is 51.1 Å². The first-order valence-electron chi connectivity index (χ1n) is 12.6. The molecule has 0 amide bonds. The molecule has 0 saturated carbocycles. The Labute approximate surface area is 224 Å². The number of rotatable bonds is 4. The van der Waals surface area contributed by atoms with Crippen LogP contribution >= 0.6 is 11.8 Å². The Hall–Kier alpha value is -3.52. The predicted molar refractivity (Wildman–Crippen MR) is 144 cm³/mol. The maximum absolute atomic E-state index is 15.1. The molecule has 1 saturated heterocycles. The molecule has 1 spiro atoms. The second-order valence-corrected chi connectivity index (χ2v) is 10.9. The largest absolute Gasteiger partial charge is 0.372 e. The van der Waals surface area contributed by atoms with Crippen molar-refractivity contribution in [3.8, 4) is 11.8 Å². The van der Waals surface area contributed by atoms with Gasteiger partial charge in [-0.05, 0) is 60.9 Å². The summed E-state index contributed by atoms with van der Waals surface area (Å²) in [5.74, 6) is 7.25. The third kappa shape index (κ3) is 4.41. The number of anilines is 1. The summed E-state index contributed by atoms with van der Waals surface area (Å²) >= 11 is 1.52. The van der Waals surface area contributed by atoms with Gasteiger partial charge in [0.25, 0.3) is 0 Å². The van der Waals surface area contributed by atoms with Crippen LogP contribution in [0.4, 0.5) is 10.3 Å². The van der Waals surface area contributed by atoms with Crippen molar-refractivity contribution in [3.63, 3.8) is 0 Å². The van der Waals surface area contributed by atoms with E-state index in [9.17, 15) is 0 Å². The maximum Gasteiger partial charge on any atom is 0.211 e. The van der Waals surface area contributed by atoms with Crippen molar-refractivity contribution in [2.45, 2.75) is 42.1 Å². The van der Waals surface area contributed by atoms with Crippen LogP contribution in [0.15, 0.2) is 52.9 Å². The Morgan fingerprint density at radius 3 is 2.84 bits per heavy atom. The first-order valence-corrected chi connectivity index (χ1v) is 13.4. The number of aromatic nitrogens is 5. The number of methoxy groups -OCH3 is 1. The lowest BCUT2D eigenvalue weighted by Gasteiger charge is -2.42. The lowest BCUT2D eigenvalue weighted by atomic mass is 9.73. The quantitative estimate of drug-likeness (QED) is 0.314. The van der Waals surface area contributed by atoms with E-state index < -0.39 is 0 Å². The molecule has 38 heavy (non-hydrogen) atoms. The Bertz CT molecular complexity index is 1570. The zero-order chi connectivity index (χ0) is 26.3. The van der Waals surface area contributed by atoms with E-state index in [1.807, 2.05) is 35.9 Å². The molecule has 194 valence electrons. The molecule has 1 fully saturated rings. The van der Waals surface area contributed by atoms with E-state index in [1.54, 1.807) is 19.5 Å². The second-order valence-electron chi connectivity index (χ2n) is 9.85.